The number of hydrogen-bond donors (Lipinski definition) is 0. The second kappa shape index (κ2) is 12.1. The van der Waals surface area contributed by atoms with Crippen LogP contribution in [0.4, 0.5) is 8.78 Å². The summed E-state index contributed by atoms with van der Waals surface area (Å²) >= 11 is 0. The Morgan fingerprint density at radius 1 is 0.423 bits per heavy atom. The van der Waals surface area contributed by atoms with Crippen molar-refractivity contribution in [2.45, 2.75) is 12.8 Å². The molecule has 2 nitrogen and oxygen atoms in total. The lowest BCUT2D eigenvalue weighted by Gasteiger charge is -2.13. The Kier molecular flexibility index (Phi) is 7.03. The summed E-state index contributed by atoms with van der Waals surface area (Å²) in [6, 6.07) is 52.3. The van der Waals surface area contributed by atoms with Gasteiger partial charge in [0.2, 0.25) is 0 Å². The van der Waals surface area contributed by atoms with Crippen LogP contribution in [0.2, 0.25) is 0 Å². The Hall–Kier alpha value is -6.52. The van der Waals surface area contributed by atoms with Gasteiger partial charge in [0.15, 0.2) is 0 Å². The highest BCUT2D eigenvalue weighted by Crippen LogP contribution is 2.39. The molecule has 1 aliphatic carbocycles. The number of halogens is 2. The molecular formula is C48H32F2N2. The molecule has 0 fully saturated rings. The van der Waals surface area contributed by atoms with E-state index < -0.39 is 0 Å². The first-order chi connectivity index (χ1) is 25.6. The highest BCUT2D eigenvalue weighted by Gasteiger charge is 2.20. The fourth-order valence-electron chi connectivity index (χ4n) is 8.10. The van der Waals surface area contributed by atoms with Gasteiger partial charge < -0.3 is 9.13 Å². The second-order valence-electron chi connectivity index (χ2n) is 13.5. The van der Waals surface area contributed by atoms with E-state index in [0.29, 0.717) is 11.1 Å². The van der Waals surface area contributed by atoms with Crippen molar-refractivity contribution < 1.29 is 8.78 Å². The summed E-state index contributed by atoms with van der Waals surface area (Å²) < 4.78 is 34.1. The van der Waals surface area contributed by atoms with E-state index in [1.54, 1.807) is 12.1 Å². The molecule has 0 saturated heterocycles. The zero-order valence-electron chi connectivity index (χ0n) is 28.2. The number of nitrogens with zero attached hydrogens (tertiary/aromatic N) is 2. The van der Waals surface area contributed by atoms with Gasteiger partial charge in [-0.3, -0.25) is 0 Å². The normalized spacial score (nSPS) is 12.6. The molecule has 0 saturated carbocycles. The van der Waals surface area contributed by atoms with E-state index in [2.05, 4.69) is 118 Å². The summed E-state index contributed by atoms with van der Waals surface area (Å²) in [7, 11) is 0. The van der Waals surface area contributed by atoms with Crippen molar-refractivity contribution in [3.05, 3.63) is 187 Å². The molecule has 0 amide bonds. The fourth-order valence-corrected chi connectivity index (χ4v) is 8.10. The summed E-state index contributed by atoms with van der Waals surface area (Å²) in [6.07, 6.45) is 6.42. The highest BCUT2D eigenvalue weighted by molar-refractivity contribution is 6.10. The molecule has 0 unspecified atom stereocenters. The molecule has 10 rings (SSSR count). The van der Waals surface area contributed by atoms with Crippen LogP contribution in [0.25, 0.3) is 83.5 Å². The van der Waals surface area contributed by atoms with Crippen molar-refractivity contribution in [2.24, 2.45) is 0 Å². The third-order valence-corrected chi connectivity index (χ3v) is 10.6. The first-order valence-electron chi connectivity index (χ1n) is 17.7. The predicted molar refractivity (Wildman–Crippen MR) is 211 cm³/mol. The van der Waals surface area contributed by atoms with E-state index in [1.807, 2.05) is 36.4 Å². The number of fused-ring (bicyclic) bond motifs is 6. The molecule has 1 aliphatic rings. The van der Waals surface area contributed by atoms with E-state index >= 15 is 0 Å². The summed E-state index contributed by atoms with van der Waals surface area (Å²) in [5, 5.41) is 3.40. The average molecular weight is 675 g/mol. The van der Waals surface area contributed by atoms with E-state index in [-0.39, 0.29) is 11.6 Å². The van der Waals surface area contributed by atoms with Crippen LogP contribution in [-0.4, -0.2) is 9.13 Å². The zero-order chi connectivity index (χ0) is 34.8. The fraction of sp³-hybridized carbons (Fsp3) is 0.0417. The maximum Gasteiger partial charge on any atom is 0.131 e. The zero-order valence-corrected chi connectivity index (χ0v) is 28.2. The average Bonchev–Trinajstić information content (AvgIpc) is 3.71. The molecule has 2 aromatic heterocycles. The maximum absolute atomic E-state index is 14.7. The number of aryl methyl sites for hydroxylation is 1. The molecule has 0 aliphatic heterocycles. The molecule has 0 N–H and O–H groups in total. The molecule has 0 spiro atoms. The van der Waals surface area contributed by atoms with Crippen molar-refractivity contribution in [1.82, 2.24) is 9.13 Å². The van der Waals surface area contributed by atoms with Crippen LogP contribution in [0.15, 0.2) is 164 Å². The Morgan fingerprint density at radius 2 is 0.923 bits per heavy atom. The lowest BCUT2D eigenvalue weighted by Crippen LogP contribution is -2.00. The minimum atomic E-state index is -0.220. The third kappa shape index (κ3) is 4.83. The number of aromatic nitrogens is 2. The highest BCUT2D eigenvalue weighted by atomic mass is 19.1. The van der Waals surface area contributed by atoms with Crippen LogP contribution in [0.5, 0.6) is 0 Å². The Morgan fingerprint density at radius 3 is 1.56 bits per heavy atom. The van der Waals surface area contributed by atoms with Crippen LogP contribution in [0.1, 0.15) is 17.7 Å². The van der Waals surface area contributed by atoms with Gasteiger partial charge in [0.1, 0.15) is 11.6 Å². The standard InChI is InChI=1S/C48H32F2N2/c49-43-13-5-1-9-37(43)33-21-27-47-41(29-33)39-11-3-7-15-45(39)51(47)35-23-17-31(18-24-35)32-19-25-36(26-20-32)52-46-16-8-4-12-40(46)42-30-34(22-28-48(42)52)38-10-2-6-14-44(38)50/h1-3,5-11,13-30H,4,12H2. The van der Waals surface area contributed by atoms with Gasteiger partial charge in [-0.05, 0) is 113 Å². The predicted octanol–water partition coefficient (Wildman–Crippen LogP) is 13.0. The van der Waals surface area contributed by atoms with Gasteiger partial charge >= 0.3 is 0 Å². The number of hydrogen-bond acceptors (Lipinski definition) is 0. The monoisotopic (exact) mass is 674 g/mol. The number of para-hydroxylation sites is 1. The van der Waals surface area contributed by atoms with Gasteiger partial charge in [-0.1, -0.05) is 97.1 Å². The summed E-state index contributed by atoms with van der Waals surface area (Å²) in [4.78, 5) is 0. The van der Waals surface area contributed by atoms with Crippen LogP contribution in [0.3, 0.4) is 0 Å². The molecule has 4 heteroatoms. The number of benzene rings is 7. The second-order valence-corrected chi connectivity index (χ2v) is 13.5. The minimum Gasteiger partial charge on any atom is -0.310 e. The molecule has 0 bridgehead atoms. The third-order valence-electron chi connectivity index (χ3n) is 10.6. The van der Waals surface area contributed by atoms with Gasteiger partial charge in [0, 0.05) is 44.4 Å². The molecule has 52 heavy (non-hydrogen) atoms. The van der Waals surface area contributed by atoms with Crippen molar-refractivity contribution >= 4 is 38.8 Å². The molecule has 9 aromatic rings. The van der Waals surface area contributed by atoms with Gasteiger partial charge in [-0.2, -0.15) is 0 Å². The van der Waals surface area contributed by atoms with Gasteiger partial charge in [0.25, 0.3) is 0 Å². The SMILES string of the molecule is Fc1ccccc1-c1ccc2c(c1)c1c(n2-c2ccc(-c3ccc(-n4c5ccccc5c5cc(-c6ccccc6F)ccc54)cc3)cc2)C=CCC1. The minimum absolute atomic E-state index is 0.205. The van der Waals surface area contributed by atoms with Gasteiger partial charge in [-0.25, -0.2) is 8.78 Å². The van der Waals surface area contributed by atoms with Gasteiger partial charge in [-0.15, -0.1) is 0 Å². The lowest BCUT2D eigenvalue weighted by molar-refractivity contribution is 0.631. The summed E-state index contributed by atoms with van der Waals surface area (Å²) in [6.45, 7) is 0. The molecule has 0 radical (unpaired) electrons. The maximum atomic E-state index is 14.7. The van der Waals surface area contributed by atoms with Crippen LogP contribution in [-0.2, 0) is 6.42 Å². The van der Waals surface area contributed by atoms with E-state index in [4.69, 9.17) is 0 Å². The summed E-state index contributed by atoms with van der Waals surface area (Å²) in [5.41, 5.74) is 13.2. The van der Waals surface area contributed by atoms with Crippen LogP contribution < -0.4 is 0 Å². The van der Waals surface area contributed by atoms with E-state index in [0.717, 1.165) is 73.8 Å². The lowest BCUT2D eigenvalue weighted by atomic mass is 9.98. The first-order valence-corrected chi connectivity index (χ1v) is 17.7. The molecule has 7 aromatic carbocycles. The van der Waals surface area contributed by atoms with Crippen molar-refractivity contribution in [1.29, 1.82) is 0 Å². The van der Waals surface area contributed by atoms with Crippen molar-refractivity contribution in [3.8, 4) is 44.8 Å². The number of rotatable bonds is 5. The first kappa shape index (κ1) is 30.3. The van der Waals surface area contributed by atoms with Crippen molar-refractivity contribution in [2.75, 3.05) is 0 Å². The molecular weight excluding hydrogens is 643 g/mol. The Balaban J connectivity index is 1.01. The van der Waals surface area contributed by atoms with Crippen molar-refractivity contribution in [3.63, 3.8) is 0 Å². The Labute approximate surface area is 300 Å². The van der Waals surface area contributed by atoms with E-state index in [9.17, 15) is 8.78 Å². The topological polar surface area (TPSA) is 9.86 Å². The number of allylic oxidation sites excluding steroid dienone is 1. The smallest absolute Gasteiger partial charge is 0.131 e. The summed E-state index contributed by atoms with van der Waals surface area (Å²) in [5.74, 6) is -0.425. The quantitative estimate of drug-likeness (QED) is 0.172. The largest absolute Gasteiger partial charge is 0.310 e. The van der Waals surface area contributed by atoms with Crippen LogP contribution in [0, 0.1) is 11.6 Å². The molecule has 2 heterocycles. The van der Waals surface area contributed by atoms with Crippen LogP contribution >= 0.6 is 0 Å². The van der Waals surface area contributed by atoms with E-state index in [1.165, 1.54) is 28.8 Å². The molecule has 0 atom stereocenters. The molecule has 248 valence electrons. The van der Waals surface area contributed by atoms with Gasteiger partial charge in [0.05, 0.1) is 16.6 Å². The Bertz CT molecular complexity index is 2850.